The first kappa shape index (κ1) is 34.5. The smallest absolute Gasteiger partial charge is 0.180 e. The molecule has 7 rings (SSSR count). The number of nitrogen functional groups attached to an aromatic ring is 2. The lowest BCUT2D eigenvalue weighted by atomic mass is 9.91. The lowest BCUT2D eigenvalue weighted by Gasteiger charge is -2.16. The zero-order valence-corrected chi connectivity index (χ0v) is 29.2. The van der Waals surface area contributed by atoms with E-state index in [0.717, 1.165) is 73.8 Å². The Labute approximate surface area is 297 Å². The van der Waals surface area contributed by atoms with Crippen molar-refractivity contribution < 1.29 is 9.90 Å². The molecule has 3 aromatic carbocycles. The fourth-order valence-electron chi connectivity index (χ4n) is 6.37. The maximum absolute atomic E-state index is 11.8. The average Bonchev–Trinajstić information content (AvgIpc) is 3.64. The first-order chi connectivity index (χ1) is 24.7. The normalized spacial score (nSPS) is 10.9. The van der Waals surface area contributed by atoms with Crippen LogP contribution < -0.4 is 11.5 Å². The predicted octanol–water partition coefficient (Wildman–Crippen LogP) is 9.00. The first-order valence-corrected chi connectivity index (χ1v) is 17.1. The Kier molecular flexibility index (Phi) is 10.2. The summed E-state index contributed by atoms with van der Waals surface area (Å²) in [6.07, 6.45) is 9.25. The van der Waals surface area contributed by atoms with Gasteiger partial charge in [0.25, 0.3) is 0 Å². The van der Waals surface area contributed by atoms with Gasteiger partial charge < -0.3 is 16.6 Å². The highest BCUT2D eigenvalue weighted by molar-refractivity contribution is 5.94. The fourth-order valence-corrected chi connectivity index (χ4v) is 6.37. The third-order valence-corrected chi connectivity index (χ3v) is 9.07. The molecular formula is C42H41N7O2. The number of benzene rings is 3. The second-order valence-corrected chi connectivity index (χ2v) is 12.3. The van der Waals surface area contributed by atoms with Gasteiger partial charge in [0.1, 0.15) is 23.1 Å². The predicted molar refractivity (Wildman–Crippen MR) is 206 cm³/mol. The zero-order chi connectivity index (χ0) is 36.1. The van der Waals surface area contributed by atoms with Gasteiger partial charge in [0.05, 0.1) is 11.7 Å². The highest BCUT2D eigenvalue weighted by atomic mass is 16.3. The number of fused-ring (bicyclic) bond motifs is 1. The molecule has 0 saturated carbocycles. The van der Waals surface area contributed by atoms with Crippen molar-refractivity contribution in [3.05, 3.63) is 126 Å². The van der Waals surface area contributed by atoms with Crippen LogP contribution >= 0.6 is 0 Å². The average molecular weight is 676 g/mol. The number of nitrogens with one attached hydrogen (secondary N) is 1. The second kappa shape index (κ2) is 15.0. The van der Waals surface area contributed by atoms with Crippen molar-refractivity contribution in [3.63, 3.8) is 0 Å². The number of aryl methyl sites for hydroxylation is 1. The number of nitrogens with two attached hydrogens (primary N) is 2. The molecule has 7 aromatic rings. The molecule has 0 aliphatic heterocycles. The Hall–Kier alpha value is -6.35. The van der Waals surface area contributed by atoms with Crippen LogP contribution in [0, 0.1) is 6.92 Å². The number of phenols is 1. The molecule has 0 bridgehead atoms. The molecular weight excluding hydrogens is 635 g/mol. The van der Waals surface area contributed by atoms with E-state index in [1.807, 2.05) is 37.5 Å². The van der Waals surface area contributed by atoms with E-state index in [1.54, 1.807) is 30.6 Å². The van der Waals surface area contributed by atoms with Crippen molar-refractivity contribution in [1.82, 2.24) is 25.1 Å². The molecule has 4 aromatic heterocycles. The number of ketones is 1. The number of pyridine rings is 3. The van der Waals surface area contributed by atoms with Crippen molar-refractivity contribution in [2.75, 3.05) is 11.5 Å². The van der Waals surface area contributed by atoms with Gasteiger partial charge in [-0.15, -0.1) is 0 Å². The second-order valence-electron chi connectivity index (χ2n) is 12.3. The number of carbonyl (C=O) groups excluding carboxylic acids is 1. The van der Waals surface area contributed by atoms with Crippen LogP contribution in [0.4, 0.5) is 11.6 Å². The molecule has 0 aliphatic carbocycles. The lowest BCUT2D eigenvalue weighted by molar-refractivity contribution is 0.0983. The molecule has 0 amide bonds. The topological polar surface area (TPSA) is 157 Å². The van der Waals surface area contributed by atoms with E-state index in [2.05, 4.69) is 88.4 Å². The first-order valence-electron chi connectivity index (χ1n) is 17.1. The van der Waals surface area contributed by atoms with Gasteiger partial charge in [-0.2, -0.15) is 5.10 Å². The standard InChI is InChI=1S/C21H20N4.C21H21N3O2/c1-3-17-18(15-8-9-19-16(10-15)11-24-25-19)12-23-21(22)20(17)14-6-4-13(2)5-7-14;1-3-16-17(14-7-10-18(23-11-14)19(26)4-2)12-24-21(22)20(16)13-5-8-15(25)9-6-13/h4-12H,3H2,1-2H3,(H2,22,23)(H,24,25);5-12,25H,3-4H2,1-2H3,(H2,22,24). The summed E-state index contributed by atoms with van der Waals surface area (Å²) < 4.78 is 0. The molecule has 256 valence electrons. The summed E-state index contributed by atoms with van der Waals surface area (Å²) >= 11 is 0. The molecule has 4 heterocycles. The van der Waals surface area contributed by atoms with Crippen LogP contribution in [-0.2, 0) is 12.8 Å². The van der Waals surface area contributed by atoms with Gasteiger partial charge in [0.2, 0.25) is 0 Å². The minimum absolute atomic E-state index is 0.0208. The number of aromatic nitrogens is 5. The number of anilines is 2. The van der Waals surface area contributed by atoms with E-state index in [4.69, 9.17) is 11.5 Å². The van der Waals surface area contributed by atoms with Gasteiger partial charge in [0, 0.05) is 58.2 Å². The van der Waals surface area contributed by atoms with Gasteiger partial charge in [-0.3, -0.25) is 14.9 Å². The molecule has 0 fully saturated rings. The maximum atomic E-state index is 11.8. The van der Waals surface area contributed by atoms with Crippen LogP contribution in [0.1, 0.15) is 54.4 Å². The van der Waals surface area contributed by atoms with E-state index >= 15 is 0 Å². The van der Waals surface area contributed by atoms with Crippen molar-refractivity contribution >= 4 is 28.3 Å². The van der Waals surface area contributed by atoms with Gasteiger partial charge in [-0.25, -0.2) is 9.97 Å². The van der Waals surface area contributed by atoms with Crippen LogP contribution in [0.25, 0.3) is 55.4 Å². The van der Waals surface area contributed by atoms with Crippen molar-refractivity contribution in [1.29, 1.82) is 0 Å². The molecule has 0 spiro atoms. The summed E-state index contributed by atoms with van der Waals surface area (Å²) in [5.74, 6) is 1.25. The minimum Gasteiger partial charge on any atom is -0.508 e. The molecule has 9 heteroatoms. The summed E-state index contributed by atoms with van der Waals surface area (Å²) in [6, 6.07) is 25.3. The van der Waals surface area contributed by atoms with Crippen LogP contribution in [-0.4, -0.2) is 36.0 Å². The lowest BCUT2D eigenvalue weighted by Crippen LogP contribution is -2.03. The number of carbonyl (C=O) groups is 1. The van der Waals surface area contributed by atoms with Crippen molar-refractivity contribution in [2.24, 2.45) is 0 Å². The van der Waals surface area contributed by atoms with Crippen LogP contribution in [0.3, 0.4) is 0 Å². The molecule has 51 heavy (non-hydrogen) atoms. The monoisotopic (exact) mass is 675 g/mol. The van der Waals surface area contributed by atoms with Crippen LogP contribution in [0.15, 0.2) is 104 Å². The highest BCUT2D eigenvalue weighted by Gasteiger charge is 2.17. The SMILES string of the molecule is CCC(=O)c1ccc(-c2cnc(N)c(-c3ccc(O)cc3)c2CC)cn1.CCc1c(-c2ccc3[nH]ncc3c2)cnc(N)c1-c1ccc(C)cc1. The van der Waals surface area contributed by atoms with Gasteiger partial charge >= 0.3 is 0 Å². The summed E-state index contributed by atoms with van der Waals surface area (Å²) in [4.78, 5) is 24.9. The number of aromatic hydroxyl groups is 1. The summed E-state index contributed by atoms with van der Waals surface area (Å²) in [7, 11) is 0. The Balaban J connectivity index is 0.000000176. The molecule has 9 nitrogen and oxygen atoms in total. The molecule has 0 saturated heterocycles. The number of phenolic OH excluding ortho intramolecular Hbond substituents is 1. The number of aromatic amines is 1. The van der Waals surface area contributed by atoms with E-state index < -0.39 is 0 Å². The quantitative estimate of drug-likeness (QED) is 0.116. The Morgan fingerprint density at radius 2 is 1.22 bits per heavy atom. The Morgan fingerprint density at radius 3 is 1.76 bits per heavy atom. The molecule has 0 atom stereocenters. The van der Waals surface area contributed by atoms with E-state index in [-0.39, 0.29) is 11.5 Å². The number of Topliss-reactive ketones (excluding diaryl/α,β-unsaturated/α-hetero) is 1. The number of hydrogen-bond donors (Lipinski definition) is 4. The number of nitrogens with zero attached hydrogens (tertiary/aromatic N) is 4. The van der Waals surface area contributed by atoms with Gasteiger partial charge in [-0.05, 0) is 77.9 Å². The summed E-state index contributed by atoms with van der Waals surface area (Å²) in [5, 5.41) is 17.7. The van der Waals surface area contributed by atoms with E-state index in [1.165, 1.54) is 11.1 Å². The van der Waals surface area contributed by atoms with E-state index in [9.17, 15) is 9.90 Å². The van der Waals surface area contributed by atoms with Gasteiger partial charge in [-0.1, -0.05) is 74.9 Å². The fraction of sp³-hybridized carbons (Fsp3) is 0.167. The highest BCUT2D eigenvalue weighted by Crippen LogP contribution is 2.38. The molecule has 6 N–H and O–H groups in total. The molecule has 0 radical (unpaired) electrons. The Bertz CT molecular complexity index is 2310. The number of H-pyrrole nitrogens is 1. The van der Waals surface area contributed by atoms with Gasteiger partial charge in [0.15, 0.2) is 5.78 Å². The number of hydrogen-bond acceptors (Lipinski definition) is 8. The van der Waals surface area contributed by atoms with Crippen LogP contribution in [0.2, 0.25) is 0 Å². The Morgan fingerprint density at radius 1 is 0.667 bits per heavy atom. The maximum Gasteiger partial charge on any atom is 0.180 e. The summed E-state index contributed by atoms with van der Waals surface area (Å²) in [5.41, 5.74) is 25.4. The minimum atomic E-state index is 0.0208. The molecule has 0 aliphatic rings. The largest absolute Gasteiger partial charge is 0.508 e. The summed E-state index contributed by atoms with van der Waals surface area (Å²) in [6.45, 7) is 8.13. The molecule has 0 unspecified atom stereocenters. The van der Waals surface area contributed by atoms with Crippen molar-refractivity contribution in [3.8, 4) is 50.3 Å². The van der Waals surface area contributed by atoms with E-state index in [0.29, 0.717) is 23.8 Å². The third kappa shape index (κ3) is 7.19. The van der Waals surface area contributed by atoms with Crippen molar-refractivity contribution in [2.45, 2.75) is 47.0 Å². The zero-order valence-electron chi connectivity index (χ0n) is 29.2. The third-order valence-electron chi connectivity index (χ3n) is 9.07. The number of rotatable bonds is 8. The van der Waals surface area contributed by atoms with Crippen LogP contribution in [0.5, 0.6) is 5.75 Å².